The average Bonchev–Trinajstić information content (AvgIpc) is 3.51. The van der Waals surface area contributed by atoms with Crippen molar-refractivity contribution < 1.29 is 28.9 Å². The molecule has 1 radical (unpaired) electrons. The minimum Gasteiger partial charge on any atom is -0.537 e. The predicted molar refractivity (Wildman–Crippen MR) is 225 cm³/mol. The number of carbonyl (C=O) groups is 4. The molecule has 11 nitrogen and oxygen atoms in total. The van der Waals surface area contributed by atoms with Crippen LogP contribution in [0.1, 0.15) is 82.9 Å². The molecule has 4 aliphatic heterocycles. The Labute approximate surface area is 340 Å². The molecule has 4 amide bonds. The largest absolute Gasteiger partial charge is 0.569 e. The maximum Gasteiger partial charge on any atom is 0.569 e. The van der Waals surface area contributed by atoms with E-state index in [2.05, 4.69) is 75.5 Å². The molecule has 1 atom stereocenters. The van der Waals surface area contributed by atoms with Gasteiger partial charge in [0.15, 0.2) is 0 Å². The fourth-order valence-corrected chi connectivity index (χ4v) is 9.01. The number of carbonyl (C=O) groups excluding carboxylic acids is 4. The van der Waals surface area contributed by atoms with Gasteiger partial charge in [-0.15, -0.1) is 0 Å². The number of hydrogen-bond donors (Lipinski definition) is 2. The third-order valence-corrected chi connectivity index (χ3v) is 12.3. The van der Waals surface area contributed by atoms with Crippen LogP contribution in [0.4, 0.5) is 11.4 Å². The molecule has 0 aromatic heterocycles. The Kier molecular flexibility index (Phi) is 11.7. The van der Waals surface area contributed by atoms with E-state index in [1.807, 2.05) is 36.4 Å². The van der Waals surface area contributed by atoms with Gasteiger partial charge in [0.2, 0.25) is 11.8 Å². The van der Waals surface area contributed by atoms with Gasteiger partial charge in [0.25, 0.3) is 11.8 Å². The SMILES string of the molecule is CC/C(=C(\c1ccc(O[B]O)cc1)c1ccc(N2CCC(CCN3CCN(c4ccc5c(c4)C(=O)N(C4CCC(=O)NC4=O)C5=O)CC3)CC2)cc1)c1ccccc1. The second-order valence-corrected chi connectivity index (χ2v) is 15.6. The lowest BCUT2D eigenvalue weighted by Crippen LogP contribution is -2.54. The third-order valence-electron chi connectivity index (χ3n) is 12.3. The van der Waals surface area contributed by atoms with Gasteiger partial charge in [-0.1, -0.05) is 61.5 Å². The van der Waals surface area contributed by atoms with Crippen LogP contribution in [0.25, 0.3) is 11.1 Å². The summed E-state index contributed by atoms with van der Waals surface area (Å²) in [6.07, 6.45) is 4.63. The number of piperidine rings is 2. The Morgan fingerprint density at radius 3 is 2.02 bits per heavy atom. The minimum absolute atomic E-state index is 0.101. The summed E-state index contributed by atoms with van der Waals surface area (Å²) in [4.78, 5) is 58.9. The molecule has 58 heavy (non-hydrogen) atoms. The van der Waals surface area contributed by atoms with Crippen molar-refractivity contribution in [2.75, 3.05) is 55.6 Å². The van der Waals surface area contributed by atoms with E-state index in [1.165, 1.54) is 28.8 Å². The summed E-state index contributed by atoms with van der Waals surface area (Å²) < 4.78 is 5.18. The number of amides is 4. The second-order valence-electron chi connectivity index (χ2n) is 15.6. The number of piperazine rings is 1. The molecule has 4 aromatic rings. The van der Waals surface area contributed by atoms with E-state index in [0.29, 0.717) is 30.5 Å². The highest BCUT2D eigenvalue weighted by Crippen LogP contribution is 2.37. The third kappa shape index (κ3) is 8.17. The lowest BCUT2D eigenvalue weighted by Gasteiger charge is -2.38. The normalized spacial score (nSPS) is 19.6. The van der Waals surface area contributed by atoms with Gasteiger partial charge >= 0.3 is 7.69 Å². The number of benzene rings is 4. The zero-order valence-corrected chi connectivity index (χ0v) is 32.9. The van der Waals surface area contributed by atoms with Crippen LogP contribution in [-0.4, -0.2) is 98.0 Å². The summed E-state index contributed by atoms with van der Waals surface area (Å²) in [6.45, 7) is 8.85. The molecule has 0 saturated carbocycles. The number of rotatable bonds is 12. The quantitative estimate of drug-likeness (QED) is 0.105. The average molecular weight is 779 g/mol. The highest BCUT2D eigenvalue weighted by molar-refractivity contribution is 6.23. The number of anilines is 2. The lowest BCUT2D eigenvalue weighted by molar-refractivity contribution is -0.136. The zero-order valence-electron chi connectivity index (χ0n) is 32.9. The Morgan fingerprint density at radius 2 is 1.36 bits per heavy atom. The van der Waals surface area contributed by atoms with Crippen LogP contribution in [0.15, 0.2) is 97.1 Å². The highest BCUT2D eigenvalue weighted by atomic mass is 16.5. The molecule has 1 unspecified atom stereocenters. The van der Waals surface area contributed by atoms with Gasteiger partial charge < -0.3 is 19.5 Å². The fraction of sp³-hybridized carbons (Fsp3) is 0.348. The van der Waals surface area contributed by atoms with Crippen LogP contribution < -0.4 is 19.8 Å². The summed E-state index contributed by atoms with van der Waals surface area (Å²) in [7, 11) is 0.704. The summed E-state index contributed by atoms with van der Waals surface area (Å²) in [5, 5.41) is 11.4. The van der Waals surface area contributed by atoms with E-state index < -0.39 is 23.8 Å². The van der Waals surface area contributed by atoms with Crippen molar-refractivity contribution in [3.8, 4) is 5.75 Å². The molecule has 4 aliphatic rings. The summed E-state index contributed by atoms with van der Waals surface area (Å²) in [5.41, 5.74) is 8.71. The summed E-state index contributed by atoms with van der Waals surface area (Å²) in [5.74, 6) is -0.660. The first-order chi connectivity index (χ1) is 28.3. The van der Waals surface area contributed by atoms with Gasteiger partial charge in [0.1, 0.15) is 11.8 Å². The van der Waals surface area contributed by atoms with Gasteiger partial charge in [-0.3, -0.25) is 34.3 Å². The molecule has 0 spiro atoms. The molecule has 12 heteroatoms. The monoisotopic (exact) mass is 778 g/mol. The first kappa shape index (κ1) is 39.1. The van der Waals surface area contributed by atoms with Crippen LogP contribution in [0, 0.1) is 5.92 Å². The van der Waals surface area contributed by atoms with Crippen LogP contribution in [0.5, 0.6) is 5.75 Å². The van der Waals surface area contributed by atoms with Crippen molar-refractivity contribution in [1.82, 2.24) is 15.1 Å². The van der Waals surface area contributed by atoms with Crippen LogP contribution >= 0.6 is 0 Å². The van der Waals surface area contributed by atoms with Crippen LogP contribution in [0.3, 0.4) is 0 Å². The van der Waals surface area contributed by atoms with Crippen molar-refractivity contribution >= 4 is 53.8 Å². The maximum atomic E-state index is 13.3. The van der Waals surface area contributed by atoms with Gasteiger partial charge in [0.05, 0.1) is 11.1 Å². The van der Waals surface area contributed by atoms with Crippen LogP contribution in [-0.2, 0) is 9.59 Å². The van der Waals surface area contributed by atoms with Gasteiger partial charge in [0, 0.05) is 57.1 Å². The van der Waals surface area contributed by atoms with Gasteiger partial charge in [-0.2, -0.15) is 0 Å². The number of hydrogen-bond acceptors (Lipinski definition) is 9. The van der Waals surface area contributed by atoms with Crippen molar-refractivity contribution in [2.24, 2.45) is 5.92 Å². The standard InChI is InChI=1S/C46H49BN5O6/c1-2-38(32-6-4-3-5-7-32)43(34-10-15-37(16-11-34)58-47-57)33-8-12-35(13-9-33)50-24-21-31(22-25-50)20-23-49-26-28-51(29-27-49)36-14-17-39-40(30-36)46(56)52(45(39)55)41-18-19-42(53)48-44(41)54/h3-17,30-31,41,57H,2,18-29H2,1H3,(H,48,53,54)/b43-38+. The molecule has 8 rings (SSSR count). The smallest absolute Gasteiger partial charge is 0.537 e. The fourth-order valence-electron chi connectivity index (χ4n) is 9.01. The van der Waals surface area contributed by atoms with E-state index in [0.717, 1.165) is 86.8 Å². The highest BCUT2D eigenvalue weighted by Gasteiger charge is 2.44. The molecule has 4 heterocycles. The molecule has 0 bridgehead atoms. The number of allylic oxidation sites excluding steroid dienone is 1. The van der Waals surface area contributed by atoms with E-state index in [9.17, 15) is 19.2 Å². The second kappa shape index (κ2) is 17.4. The summed E-state index contributed by atoms with van der Waals surface area (Å²) in [6, 6.07) is 31.8. The first-order valence-corrected chi connectivity index (χ1v) is 20.5. The Balaban J connectivity index is 0.837. The Morgan fingerprint density at radius 1 is 0.724 bits per heavy atom. The molecule has 4 aromatic carbocycles. The molecule has 2 N–H and O–H groups in total. The van der Waals surface area contributed by atoms with E-state index >= 15 is 0 Å². The van der Waals surface area contributed by atoms with Crippen molar-refractivity contribution in [2.45, 2.75) is 51.5 Å². The van der Waals surface area contributed by atoms with E-state index in [1.54, 1.807) is 12.1 Å². The van der Waals surface area contributed by atoms with Crippen molar-refractivity contribution in [3.05, 3.63) is 125 Å². The minimum atomic E-state index is -0.962. The molecule has 3 saturated heterocycles. The predicted octanol–water partition coefficient (Wildman–Crippen LogP) is 5.79. The topological polar surface area (TPSA) is 123 Å². The van der Waals surface area contributed by atoms with Crippen molar-refractivity contribution in [1.29, 1.82) is 0 Å². The van der Waals surface area contributed by atoms with Gasteiger partial charge in [-0.05, 0) is 115 Å². The molecule has 297 valence electrons. The van der Waals surface area contributed by atoms with E-state index in [4.69, 9.17) is 9.68 Å². The number of fused-ring (bicyclic) bond motifs is 1. The zero-order chi connectivity index (χ0) is 40.2. The Hall–Kier alpha value is -5.72. The Bertz CT molecular complexity index is 2180. The molecule has 0 aliphatic carbocycles. The number of imide groups is 2. The molecular formula is C46H49BN5O6. The lowest BCUT2D eigenvalue weighted by atomic mass is 9.88. The van der Waals surface area contributed by atoms with E-state index in [-0.39, 0.29) is 18.7 Å². The van der Waals surface area contributed by atoms with Crippen LogP contribution in [0.2, 0.25) is 0 Å². The summed E-state index contributed by atoms with van der Waals surface area (Å²) >= 11 is 0. The number of nitrogens with zero attached hydrogens (tertiary/aromatic N) is 4. The number of nitrogens with one attached hydrogen (secondary N) is 1. The van der Waals surface area contributed by atoms with Crippen molar-refractivity contribution in [3.63, 3.8) is 0 Å². The molecular weight excluding hydrogens is 729 g/mol. The van der Waals surface area contributed by atoms with Gasteiger partial charge in [-0.25, -0.2) is 0 Å². The molecule has 3 fully saturated rings. The maximum absolute atomic E-state index is 13.3. The first-order valence-electron chi connectivity index (χ1n) is 20.5.